The van der Waals surface area contributed by atoms with E-state index in [1.807, 2.05) is 35.1 Å². The smallest absolute Gasteiger partial charge is 0.160 e. The van der Waals surface area contributed by atoms with E-state index in [0.717, 1.165) is 34.5 Å². The minimum absolute atomic E-state index is 0.474. The van der Waals surface area contributed by atoms with Gasteiger partial charge in [0.1, 0.15) is 22.6 Å². The van der Waals surface area contributed by atoms with Gasteiger partial charge in [-0.25, -0.2) is 9.97 Å². The molecule has 134 valence electrons. The zero-order chi connectivity index (χ0) is 17.7. The van der Waals surface area contributed by atoms with E-state index in [2.05, 4.69) is 10.1 Å². The van der Waals surface area contributed by atoms with Crippen LogP contribution < -0.4 is 4.74 Å². The molecule has 3 aromatic rings. The van der Waals surface area contributed by atoms with Gasteiger partial charge in [-0.15, -0.1) is 0 Å². The van der Waals surface area contributed by atoms with Crippen LogP contribution in [-0.2, 0) is 6.54 Å². The number of hydrogen-bond acceptors (Lipinski definition) is 4. The Balaban J connectivity index is 1.42. The van der Waals surface area contributed by atoms with E-state index in [1.165, 1.54) is 25.7 Å². The first-order chi connectivity index (χ1) is 12.7. The number of halogens is 1. The number of aromatic nitrogens is 4. The van der Waals surface area contributed by atoms with Crippen molar-refractivity contribution >= 4 is 22.6 Å². The minimum Gasteiger partial charge on any atom is -0.497 e. The van der Waals surface area contributed by atoms with Crippen LogP contribution in [-0.4, -0.2) is 26.9 Å². The average Bonchev–Trinajstić information content (AvgIpc) is 3.25. The first kappa shape index (κ1) is 16.1. The number of nitrogens with zero attached hydrogens (tertiary/aromatic N) is 4. The van der Waals surface area contributed by atoms with Crippen LogP contribution in [0, 0.1) is 11.8 Å². The zero-order valence-electron chi connectivity index (χ0n) is 14.7. The van der Waals surface area contributed by atoms with E-state index in [4.69, 9.17) is 21.3 Å². The van der Waals surface area contributed by atoms with E-state index in [-0.39, 0.29) is 0 Å². The monoisotopic (exact) mass is 368 g/mol. The molecular formula is C20H21ClN4O. The third kappa shape index (κ3) is 2.75. The lowest BCUT2D eigenvalue weighted by molar-refractivity contribution is 0.414. The third-order valence-corrected chi connectivity index (χ3v) is 6.11. The zero-order valence-corrected chi connectivity index (χ0v) is 15.5. The third-order valence-electron chi connectivity index (χ3n) is 5.84. The first-order valence-electron chi connectivity index (χ1n) is 9.26. The van der Waals surface area contributed by atoms with Crippen molar-refractivity contribution in [3.63, 3.8) is 0 Å². The molecule has 0 aliphatic heterocycles. The summed E-state index contributed by atoms with van der Waals surface area (Å²) in [5, 5.41) is 5.06. The second kappa shape index (κ2) is 6.23. The van der Waals surface area contributed by atoms with Gasteiger partial charge in [0.25, 0.3) is 0 Å². The molecule has 0 radical (unpaired) electrons. The summed E-state index contributed by atoms with van der Waals surface area (Å²) in [5.74, 6) is 3.81. The highest BCUT2D eigenvalue weighted by molar-refractivity contribution is 6.33. The molecule has 1 aromatic carbocycles. The second-order valence-corrected chi connectivity index (χ2v) is 7.78. The van der Waals surface area contributed by atoms with Gasteiger partial charge in [-0.05, 0) is 42.4 Å². The maximum Gasteiger partial charge on any atom is 0.160 e. The molecule has 2 aliphatic rings. The van der Waals surface area contributed by atoms with Gasteiger partial charge in [0.05, 0.1) is 19.9 Å². The summed E-state index contributed by atoms with van der Waals surface area (Å²) in [7, 11) is 1.67. The van der Waals surface area contributed by atoms with Crippen LogP contribution in [0.15, 0.2) is 30.5 Å². The summed E-state index contributed by atoms with van der Waals surface area (Å²) in [6.45, 7) is 0.667. The molecule has 0 saturated heterocycles. The summed E-state index contributed by atoms with van der Waals surface area (Å²) in [5.41, 5.74) is 2.68. The number of benzene rings is 1. The first-order valence-corrected chi connectivity index (χ1v) is 9.64. The Morgan fingerprint density at radius 2 is 1.85 bits per heavy atom. The molecule has 0 bridgehead atoms. The molecule has 5 rings (SSSR count). The molecule has 0 amide bonds. The van der Waals surface area contributed by atoms with Crippen molar-refractivity contribution in [2.75, 3.05) is 7.11 Å². The number of hydrogen-bond donors (Lipinski definition) is 0. The Hall–Kier alpha value is -2.14. The van der Waals surface area contributed by atoms with E-state index in [1.54, 1.807) is 7.11 Å². The van der Waals surface area contributed by atoms with E-state index < -0.39 is 0 Å². The van der Waals surface area contributed by atoms with E-state index in [0.29, 0.717) is 23.1 Å². The molecule has 6 heteroatoms. The fourth-order valence-electron chi connectivity index (χ4n) is 4.46. The predicted molar refractivity (Wildman–Crippen MR) is 101 cm³/mol. The van der Waals surface area contributed by atoms with E-state index >= 15 is 0 Å². The van der Waals surface area contributed by atoms with Crippen LogP contribution in [0.25, 0.3) is 11.0 Å². The lowest BCUT2D eigenvalue weighted by Crippen LogP contribution is -1.99. The number of ether oxygens (including phenoxy) is 1. The average molecular weight is 369 g/mol. The van der Waals surface area contributed by atoms with Crippen molar-refractivity contribution in [2.45, 2.75) is 38.1 Å². The van der Waals surface area contributed by atoms with Crippen molar-refractivity contribution < 1.29 is 4.74 Å². The fourth-order valence-corrected chi connectivity index (χ4v) is 4.69. The van der Waals surface area contributed by atoms with Crippen molar-refractivity contribution in [3.05, 3.63) is 47.0 Å². The van der Waals surface area contributed by atoms with Gasteiger partial charge in [-0.3, -0.25) is 4.68 Å². The Bertz CT molecular complexity index is 940. The molecule has 2 unspecified atom stereocenters. The van der Waals surface area contributed by atoms with Crippen LogP contribution in [0.1, 0.15) is 43.0 Å². The Morgan fingerprint density at radius 1 is 1.12 bits per heavy atom. The largest absolute Gasteiger partial charge is 0.497 e. The Morgan fingerprint density at radius 3 is 2.54 bits per heavy atom. The lowest BCUT2D eigenvalue weighted by atomic mass is 10.0. The molecule has 2 atom stereocenters. The molecule has 2 heterocycles. The van der Waals surface area contributed by atoms with Crippen LogP contribution in [0.2, 0.25) is 5.15 Å². The summed E-state index contributed by atoms with van der Waals surface area (Å²) in [6, 6.07) is 7.99. The molecule has 26 heavy (non-hydrogen) atoms. The molecule has 0 spiro atoms. The number of rotatable bonds is 4. The SMILES string of the molecule is COc1ccc(Cn2cc3nc(C4C5CCCCC54)nc(Cl)c3n2)cc1. The van der Waals surface area contributed by atoms with Crippen molar-refractivity contribution in [3.8, 4) is 5.75 Å². The van der Waals surface area contributed by atoms with Crippen molar-refractivity contribution in [1.82, 2.24) is 19.7 Å². The summed E-state index contributed by atoms with van der Waals surface area (Å²) in [6.07, 6.45) is 7.28. The van der Waals surface area contributed by atoms with E-state index in [9.17, 15) is 0 Å². The molecule has 2 saturated carbocycles. The maximum atomic E-state index is 6.44. The quantitative estimate of drug-likeness (QED) is 0.639. The summed E-state index contributed by atoms with van der Waals surface area (Å²) < 4.78 is 7.09. The molecule has 5 nitrogen and oxygen atoms in total. The highest BCUT2D eigenvalue weighted by Gasteiger charge is 2.53. The van der Waals surface area contributed by atoms with Gasteiger partial charge < -0.3 is 4.74 Å². The lowest BCUT2D eigenvalue weighted by Gasteiger charge is -2.04. The van der Waals surface area contributed by atoms with Crippen LogP contribution >= 0.6 is 11.6 Å². The van der Waals surface area contributed by atoms with Crippen molar-refractivity contribution in [2.24, 2.45) is 11.8 Å². The van der Waals surface area contributed by atoms with Crippen LogP contribution in [0.3, 0.4) is 0 Å². The summed E-state index contributed by atoms with van der Waals surface area (Å²) >= 11 is 6.44. The summed E-state index contributed by atoms with van der Waals surface area (Å²) in [4.78, 5) is 9.41. The molecule has 2 aliphatic carbocycles. The van der Waals surface area contributed by atoms with Gasteiger partial charge in [-0.2, -0.15) is 5.10 Å². The highest BCUT2D eigenvalue weighted by Crippen LogP contribution is 2.60. The molecule has 2 aromatic heterocycles. The number of fused-ring (bicyclic) bond motifs is 2. The highest BCUT2D eigenvalue weighted by atomic mass is 35.5. The number of methoxy groups -OCH3 is 1. The van der Waals surface area contributed by atoms with Gasteiger partial charge in [0.15, 0.2) is 5.15 Å². The second-order valence-electron chi connectivity index (χ2n) is 7.42. The van der Waals surface area contributed by atoms with Crippen molar-refractivity contribution in [1.29, 1.82) is 0 Å². The minimum atomic E-state index is 0.474. The fraction of sp³-hybridized carbons (Fsp3) is 0.450. The normalized spacial score (nSPS) is 24.5. The van der Waals surface area contributed by atoms with Crippen LogP contribution in [0.4, 0.5) is 0 Å². The predicted octanol–water partition coefficient (Wildman–Crippen LogP) is 4.44. The Kier molecular flexibility index (Phi) is 3.85. The Labute approximate surface area is 157 Å². The molecular weight excluding hydrogens is 348 g/mol. The molecule has 0 N–H and O–H groups in total. The van der Waals surface area contributed by atoms with Gasteiger partial charge in [0, 0.05) is 5.92 Å². The maximum absolute atomic E-state index is 6.44. The standard InChI is InChI=1S/C20H21ClN4O/c1-26-13-8-6-12(7-9-13)10-25-11-16-18(24-25)19(21)23-20(22-16)17-14-4-2-3-5-15(14)17/h6-9,11,14-15,17H,2-5,10H2,1H3. The van der Waals surface area contributed by atoms with Gasteiger partial charge in [0.2, 0.25) is 0 Å². The molecule has 2 fully saturated rings. The van der Waals surface area contributed by atoms with Gasteiger partial charge >= 0.3 is 0 Å². The van der Waals surface area contributed by atoms with Gasteiger partial charge in [-0.1, -0.05) is 36.6 Å². The topological polar surface area (TPSA) is 52.8 Å². The van der Waals surface area contributed by atoms with Crippen LogP contribution in [0.5, 0.6) is 5.75 Å².